The second-order valence-corrected chi connectivity index (χ2v) is 9.70. The number of rotatable bonds is 8. The van der Waals surface area contributed by atoms with Gasteiger partial charge in [-0.15, -0.1) is 6.58 Å². The van der Waals surface area contributed by atoms with Crippen LogP contribution in [-0.2, 0) is 12.8 Å². The van der Waals surface area contributed by atoms with Crippen molar-refractivity contribution in [2.75, 3.05) is 52.6 Å². The number of carbonyl (C=O) groups excluding carboxylic acids is 1. The third kappa shape index (κ3) is 6.17. The number of amides is 2. The first-order chi connectivity index (χ1) is 14.8. The van der Waals surface area contributed by atoms with Crippen molar-refractivity contribution in [2.24, 2.45) is 11.8 Å². The largest absolute Gasteiger partial charge is 0.368 e. The number of likely N-dealkylation sites (N-methyl/N-ethyl adjacent to an activating group) is 1. The fourth-order valence-corrected chi connectivity index (χ4v) is 4.89. The molecule has 0 bridgehead atoms. The Hall–Kier alpha value is -2.19. The lowest BCUT2D eigenvalue weighted by atomic mass is 9.76. The van der Waals surface area contributed by atoms with E-state index in [0.29, 0.717) is 23.8 Å². The van der Waals surface area contributed by atoms with Gasteiger partial charge >= 0.3 is 6.03 Å². The predicted molar refractivity (Wildman–Crippen MR) is 125 cm³/mol. The smallest absolute Gasteiger partial charge is 0.317 e. The van der Waals surface area contributed by atoms with Crippen LogP contribution in [0.25, 0.3) is 0 Å². The van der Waals surface area contributed by atoms with Gasteiger partial charge in [-0.1, -0.05) is 19.9 Å². The third-order valence-electron chi connectivity index (χ3n) is 6.29. The van der Waals surface area contributed by atoms with Crippen molar-refractivity contribution in [1.82, 2.24) is 30.0 Å². The zero-order valence-corrected chi connectivity index (χ0v) is 19.5. The molecule has 3 atom stereocenters. The molecule has 1 fully saturated rings. The fourth-order valence-electron chi connectivity index (χ4n) is 4.89. The molecule has 1 aliphatic carbocycles. The van der Waals surface area contributed by atoms with Crippen LogP contribution < -0.4 is 11.1 Å². The van der Waals surface area contributed by atoms with Crippen molar-refractivity contribution in [1.29, 1.82) is 0 Å². The lowest BCUT2D eigenvalue weighted by Crippen LogP contribution is -2.59. The predicted octanol–water partition coefficient (Wildman–Crippen LogP) is 1.63. The zero-order chi connectivity index (χ0) is 22.5. The van der Waals surface area contributed by atoms with Gasteiger partial charge in [0, 0.05) is 56.7 Å². The number of likely N-dealkylation sites (tertiary alicyclic amines) is 1. The van der Waals surface area contributed by atoms with Gasteiger partial charge in [-0.3, -0.25) is 4.90 Å². The fraction of sp³-hybridized carbons (Fsp3) is 0.696. The summed E-state index contributed by atoms with van der Waals surface area (Å²) in [5.74, 6) is 1.20. The highest BCUT2D eigenvalue weighted by Crippen LogP contribution is 2.34. The molecule has 31 heavy (non-hydrogen) atoms. The Kier molecular flexibility index (Phi) is 7.89. The highest BCUT2D eigenvalue weighted by molar-refractivity contribution is 5.74. The van der Waals surface area contributed by atoms with Crippen LogP contribution in [0.4, 0.5) is 10.7 Å². The molecule has 0 spiro atoms. The van der Waals surface area contributed by atoms with Crippen molar-refractivity contribution in [2.45, 2.75) is 45.2 Å². The van der Waals surface area contributed by atoms with Gasteiger partial charge in [0.05, 0.1) is 0 Å². The van der Waals surface area contributed by atoms with E-state index >= 15 is 0 Å². The molecular weight excluding hydrogens is 390 g/mol. The lowest BCUT2D eigenvalue weighted by molar-refractivity contribution is 0.0719. The van der Waals surface area contributed by atoms with E-state index in [1.54, 1.807) is 0 Å². The van der Waals surface area contributed by atoms with Crippen LogP contribution in [0, 0.1) is 11.8 Å². The molecule has 0 saturated carbocycles. The SMILES string of the molecule is C=CCN1C[C@@H](NC(=O)N(CCN(C)C)CC(C)C)C[C@@H]2Cc3nc(N)ncc3C[C@H]21. The number of urea groups is 1. The summed E-state index contributed by atoms with van der Waals surface area (Å²) in [6.07, 6.45) is 6.59. The van der Waals surface area contributed by atoms with E-state index in [1.807, 2.05) is 31.3 Å². The number of nitrogens with zero attached hydrogens (tertiary/aromatic N) is 5. The van der Waals surface area contributed by atoms with Gasteiger partial charge in [0.25, 0.3) is 0 Å². The first-order valence-corrected chi connectivity index (χ1v) is 11.4. The molecule has 0 unspecified atom stereocenters. The van der Waals surface area contributed by atoms with Crippen molar-refractivity contribution >= 4 is 12.0 Å². The lowest BCUT2D eigenvalue weighted by Gasteiger charge is -2.47. The average molecular weight is 430 g/mol. The number of nitrogen functional groups attached to an aromatic ring is 1. The maximum Gasteiger partial charge on any atom is 0.317 e. The first-order valence-electron chi connectivity index (χ1n) is 11.4. The van der Waals surface area contributed by atoms with Gasteiger partial charge in [0.2, 0.25) is 5.95 Å². The second-order valence-electron chi connectivity index (χ2n) is 9.70. The summed E-state index contributed by atoms with van der Waals surface area (Å²) in [4.78, 5) is 28.4. The number of anilines is 1. The maximum absolute atomic E-state index is 13.1. The number of carbonyl (C=O) groups is 1. The summed E-state index contributed by atoms with van der Waals surface area (Å²) in [7, 11) is 4.08. The molecule has 2 heterocycles. The molecule has 3 N–H and O–H groups in total. The second kappa shape index (κ2) is 10.4. The monoisotopic (exact) mass is 429 g/mol. The van der Waals surface area contributed by atoms with E-state index in [1.165, 1.54) is 5.56 Å². The molecule has 1 aromatic heterocycles. The highest BCUT2D eigenvalue weighted by Gasteiger charge is 2.40. The van der Waals surface area contributed by atoms with Gasteiger partial charge in [0.1, 0.15) is 0 Å². The standard InChI is InChI=1S/C23H39N7O/c1-6-7-29-15-19(26-23(31)30(14-16(2)3)9-8-28(4)5)10-17-11-20-18(12-21(17)29)13-25-22(24)27-20/h6,13,16-17,19,21H,1,7-12,14-15H2,2-5H3,(H,26,31)(H2,24,25,27)/t17-,19+,21-/m1/s1. The minimum atomic E-state index is 0.0420. The summed E-state index contributed by atoms with van der Waals surface area (Å²) >= 11 is 0. The Morgan fingerprint density at radius 3 is 2.84 bits per heavy atom. The molecule has 0 aromatic carbocycles. The number of nitrogens with one attached hydrogen (secondary N) is 1. The van der Waals surface area contributed by atoms with Crippen molar-refractivity contribution in [3.8, 4) is 0 Å². The number of fused-ring (bicyclic) bond motifs is 2. The highest BCUT2D eigenvalue weighted by atomic mass is 16.2. The molecule has 3 rings (SSSR count). The van der Waals surface area contributed by atoms with Crippen LogP contribution >= 0.6 is 0 Å². The summed E-state index contributed by atoms with van der Waals surface area (Å²) in [6, 6.07) is 0.579. The van der Waals surface area contributed by atoms with Crippen LogP contribution in [0.2, 0.25) is 0 Å². The Morgan fingerprint density at radius 2 is 2.16 bits per heavy atom. The summed E-state index contributed by atoms with van der Waals surface area (Å²) in [5.41, 5.74) is 8.08. The van der Waals surface area contributed by atoms with Gasteiger partial charge < -0.3 is 20.9 Å². The van der Waals surface area contributed by atoms with Gasteiger partial charge in [0.15, 0.2) is 0 Å². The van der Waals surface area contributed by atoms with E-state index in [4.69, 9.17) is 5.73 Å². The van der Waals surface area contributed by atoms with Gasteiger partial charge in [-0.05, 0) is 50.8 Å². The Balaban J connectivity index is 1.70. The molecule has 1 saturated heterocycles. The van der Waals surface area contributed by atoms with E-state index in [9.17, 15) is 4.79 Å². The number of nitrogens with two attached hydrogens (primary N) is 1. The summed E-state index contributed by atoms with van der Waals surface area (Å²) in [5, 5.41) is 3.34. The van der Waals surface area contributed by atoms with Crippen molar-refractivity contribution in [3.05, 3.63) is 30.1 Å². The summed E-state index contributed by atoms with van der Waals surface area (Å²) in [6.45, 7) is 12.3. The van der Waals surface area contributed by atoms with Crippen molar-refractivity contribution in [3.63, 3.8) is 0 Å². The zero-order valence-electron chi connectivity index (χ0n) is 19.5. The van der Waals surface area contributed by atoms with Gasteiger partial charge in [-0.25, -0.2) is 14.8 Å². The molecular formula is C23H39N7O. The molecule has 1 aromatic rings. The normalized spacial score (nSPS) is 23.4. The number of piperidine rings is 1. The molecule has 2 aliphatic rings. The van der Waals surface area contributed by atoms with E-state index in [0.717, 1.165) is 57.7 Å². The first kappa shape index (κ1) is 23.5. The molecule has 0 radical (unpaired) electrons. The minimum absolute atomic E-state index is 0.0420. The number of aromatic nitrogens is 2. The third-order valence-corrected chi connectivity index (χ3v) is 6.29. The maximum atomic E-state index is 13.1. The Morgan fingerprint density at radius 1 is 1.39 bits per heavy atom. The van der Waals surface area contributed by atoms with Crippen LogP contribution in [0.3, 0.4) is 0 Å². The number of hydrogen-bond donors (Lipinski definition) is 2. The van der Waals surface area contributed by atoms with E-state index < -0.39 is 0 Å². The molecule has 8 heteroatoms. The minimum Gasteiger partial charge on any atom is -0.368 e. The van der Waals surface area contributed by atoms with Crippen LogP contribution in [-0.4, -0.2) is 89.6 Å². The van der Waals surface area contributed by atoms with Crippen LogP contribution in [0.5, 0.6) is 0 Å². The van der Waals surface area contributed by atoms with Crippen molar-refractivity contribution < 1.29 is 4.79 Å². The topological polar surface area (TPSA) is 90.6 Å². The van der Waals surface area contributed by atoms with E-state index in [2.05, 4.69) is 45.5 Å². The summed E-state index contributed by atoms with van der Waals surface area (Å²) < 4.78 is 0. The van der Waals surface area contributed by atoms with Crippen LogP contribution in [0.1, 0.15) is 31.5 Å². The number of hydrogen-bond acceptors (Lipinski definition) is 6. The van der Waals surface area contributed by atoms with E-state index in [-0.39, 0.29) is 12.1 Å². The Labute approximate surface area is 186 Å². The molecule has 1 aliphatic heterocycles. The molecule has 8 nitrogen and oxygen atoms in total. The van der Waals surface area contributed by atoms with Crippen LogP contribution in [0.15, 0.2) is 18.9 Å². The average Bonchev–Trinajstić information content (AvgIpc) is 2.69. The quantitative estimate of drug-likeness (QED) is 0.611. The molecule has 172 valence electrons. The van der Waals surface area contributed by atoms with Gasteiger partial charge in [-0.2, -0.15) is 0 Å². The molecule has 2 amide bonds. The Bertz CT molecular complexity index is 766.